The largest absolute Gasteiger partial charge is 0.207 e. The van der Waals surface area contributed by atoms with Crippen molar-refractivity contribution in [1.82, 2.24) is 0 Å². The summed E-state index contributed by atoms with van der Waals surface area (Å²) in [4.78, 5) is 0. The molecule has 0 aliphatic rings. The molecule has 2 rings (SSSR count). The zero-order valence-corrected chi connectivity index (χ0v) is 12.4. The Labute approximate surface area is 121 Å². The molecule has 0 radical (unpaired) electrons. The summed E-state index contributed by atoms with van der Waals surface area (Å²) in [5, 5.41) is 2.51. The second-order valence-corrected chi connectivity index (χ2v) is 8.42. The minimum Gasteiger partial charge on any atom is -0.207 e. The summed E-state index contributed by atoms with van der Waals surface area (Å²) in [6, 6.07) is 17.3. The van der Waals surface area contributed by atoms with Gasteiger partial charge in [-0.2, -0.15) is 0 Å². The molecule has 0 aliphatic carbocycles. The lowest BCUT2D eigenvalue weighted by atomic mass is 10.3. The molecule has 2 aromatic carbocycles. The molecule has 0 amide bonds. The summed E-state index contributed by atoms with van der Waals surface area (Å²) < 4.78 is 13.2. The van der Waals surface area contributed by atoms with Gasteiger partial charge in [-0.05, 0) is 36.4 Å². The van der Waals surface area contributed by atoms with Gasteiger partial charge in [-0.1, -0.05) is 43.5 Å². The lowest BCUT2D eigenvalue weighted by Crippen LogP contribution is -2.26. The Kier molecular flexibility index (Phi) is 4.87. The molecule has 0 aromatic heterocycles. The quantitative estimate of drug-likeness (QED) is 0.552. The van der Waals surface area contributed by atoms with Crippen molar-refractivity contribution in [3.05, 3.63) is 85.7 Å². The monoisotopic (exact) mass is 284 g/mol. The molecule has 0 bridgehead atoms. The first-order valence-electron chi connectivity index (χ1n) is 6.63. The maximum atomic E-state index is 13.2. The smallest absolute Gasteiger partial charge is 0.123 e. The van der Waals surface area contributed by atoms with Crippen LogP contribution in [-0.2, 0) is 0 Å². The van der Waals surface area contributed by atoms with E-state index in [0.29, 0.717) is 0 Å². The molecule has 0 aliphatic heterocycles. The molecule has 0 atom stereocenters. The first-order chi connectivity index (χ1) is 9.73. The third-order valence-electron chi connectivity index (χ3n) is 3.45. The number of halogens is 1. The van der Waals surface area contributed by atoms with E-state index in [1.165, 1.54) is 10.6 Å². The lowest BCUT2D eigenvalue weighted by molar-refractivity contribution is 0.628. The van der Waals surface area contributed by atoms with Crippen LogP contribution in [0.25, 0.3) is 0 Å². The third kappa shape index (κ3) is 2.89. The Hall–Kier alpha value is -1.72. The highest BCUT2D eigenvalue weighted by Gasteiger charge is 2.40. The summed E-state index contributed by atoms with van der Waals surface area (Å²) in [6.07, 6.45) is 5.73. The van der Waals surface area contributed by atoms with Crippen LogP contribution in [0.4, 0.5) is 4.39 Å². The molecular weight excluding hydrogens is 265 g/mol. The molecule has 0 N–H and O–H groups in total. The van der Waals surface area contributed by atoms with E-state index in [4.69, 9.17) is 0 Å². The maximum Gasteiger partial charge on any atom is 0.123 e. The van der Waals surface area contributed by atoms with Crippen molar-refractivity contribution in [3.8, 4) is 0 Å². The Morgan fingerprint density at radius 2 is 1.30 bits per heavy atom. The van der Waals surface area contributed by atoms with Crippen LogP contribution in [-0.4, -0.2) is 12.3 Å². The average molecular weight is 284 g/mol. The van der Waals surface area contributed by atoms with Gasteiger partial charge in [0.05, 0.1) is 24.9 Å². The Morgan fingerprint density at radius 3 is 1.80 bits per heavy atom. The average Bonchev–Trinajstić information content (AvgIpc) is 2.48. The van der Waals surface area contributed by atoms with Gasteiger partial charge in [0.15, 0.2) is 0 Å². The van der Waals surface area contributed by atoms with E-state index >= 15 is 0 Å². The SMILES string of the molecule is C=CC[P+](CC=C)(c1ccccc1)c1ccc([18F])cc1. The van der Waals surface area contributed by atoms with Gasteiger partial charge in [-0.25, -0.2) is 4.39 Å². The highest BCUT2D eigenvalue weighted by molar-refractivity contribution is 7.89. The number of benzene rings is 2. The van der Waals surface area contributed by atoms with Crippen LogP contribution in [0.5, 0.6) is 0 Å². The Balaban J connectivity index is 2.60. The Morgan fingerprint density at radius 1 is 0.800 bits per heavy atom. The molecule has 0 saturated heterocycles. The zero-order chi connectivity index (χ0) is 14.4. The van der Waals surface area contributed by atoms with E-state index in [1.807, 2.05) is 30.4 Å². The van der Waals surface area contributed by atoms with Gasteiger partial charge in [0.2, 0.25) is 0 Å². The minimum absolute atomic E-state index is 0.197. The molecule has 0 spiro atoms. The Bertz CT molecular complexity index is 562. The van der Waals surface area contributed by atoms with Crippen LogP contribution in [0.15, 0.2) is 79.9 Å². The van der Waals surface area contributed by atoms with Crippen LogP contribution < -0.4 is 10.6 Å². The second-order valence-electron chi connectivity index (χ2n) is 4.72. The summed E-state index contributed by atoms with van der Waals surface area (Å²) in [5.41, 5.74) is 0. The van der Waals surface area contributed by atoms with Crippen molar-refractivity contribution in [2.24, 2.45) is 0 Å². The van der Waals surface area contributed by atoms with E-state index < -0.39 is 7.26 Å². The second kappa shape index (κ2) is 6.63. The molecule has 2 aromatic rings. The highest BCUT2D eigenvalue weighted by Crippen LogP contribution is 2.56. The number of rotatable bonds is 6. The maximum absolute atomic E-state index is 13.2. The normalized spacial score (nSPS) is 11.1. The van der Waals surface area contributed by atoms with E-state index in [1.54, 1.807) is 12.1 Å². The van der Waals surface area contributed by atoms with Crippen molar-refractivity contribution in [2.75, 3.05) is 12.3 Å². The van der Waals surface area contributed by atoms with Gasteiger partial charge in [-0.15, -0.1) is 0 Å². The van der Waals surface area contributed by atoms with E-state index in [2.05, 4.69) is 37.4 Å². The molecule has 0 heterocycles. The predicted molar refractivity (Wildman–Crippen MR) is 89.2 cm³/mol. The number of allylic oxidation sites excluding steroid dienone is 2. The van der Waals surface area contributed by atoms with Gasteiger partial charge in [0.25, 0.3) is 0 Å². The van der Waals surface area contributed by atoms with Crippen molar-refractivity contribution in [2.45, 2.75) is 0 Å². The fourth-order valence-corrected chi connectivity index (χ4v) is 6.16. The van der Waals surface area contributed by atoms with E-state index in [9.17, 15) is 4.39 Å². The zero-order valence-electron chi connectivity index (χ0n) is 11.5. The number of hydrogen-bond donors (Lipinski definition) is 0. The van der Waals surface area contributed by atoms with Crippen molar-refractivity contribution < 1.29 is 4.39 Å². The molecule has 2 heteroatoms. The molecule has 0 nitrogen and oxygen atoms in total. The summed E-state index contributed by atoms with van der Waals surface area (Å²) in [7, 11) is -1.62. The molecular formula is C18H19FP+. The van der Waals surface area contributed by atoms with Crippen molar-refractivity contribution >= 4 is 17.9 Å². The van der Waals surface area contributed by atoms with Crippen molar-refractivity contribution in [1.29, 1.82) is 0 Å². The predicted octanol–water partition coefficient (Wildman–Crippen LogP) is 4.17. The van der Waals surface area contributed by atoms with Gasteiger partial charge < -0.3 is 0 Å². The first-order valence-corrected chi connectivity index (χ1v) is 8.79. The third-order valence-corrected chi connectivity index (χ3v) is 7.79. The molecule has 0 unspecified atom stereocenters. The first kappa shape index (κ1) is 14.7. The molecule has 0 saturated carbocycles. The van der Waals surface area contributed by atoms with Gasteiger partial charge in [0, 0.05) is 0 Å². The molecule has 102 valence electrons. The summed E-state index contributed by atoms with van der Waals surface area (Å²) in [6.45, 7) is 7.83. The van der Waals surface area contributed by atoms with Crippen molar-refractivity contribution in [3.63, 3.8) is 0 Å². The van der Waals surface area contributed by atoms with Crippen LogP contribution in [0, 0.1) is 5.82 Å². The summed E-state index contributed by atoms with van der Waals surface area (Å²) >= 11 is 0. The van der Waals surface area contributed by atoms with Crippen LogP contribution in [0.3, 0.4) is 0 Å². The van der Waals surface area contributed by atoms with Gasteiger partial charge >= 0.3 is 0 Å². The fraction of sp³-hybridized carbons (Fsp3) is 0.111. The molecule has 20 heavy (non-hydrogen) atoms. The highest BCUT2D eigenvalue weighted by atomic mass is 31.2. The van der Waals surface area contributed by atoms with E-state index in [-0.39, 0.29) is 5.82 Å². The van der Waals surface area contributed by atoms with Crippen LogP contribution in [0.2, 0.25) is 0 Å². The summed E-state index contributed by atoms with van der Waals surface area (Å²) in [5.74, 6) is -0.197. The number of hydrogen-bond acceptors (Lipinski definition) is 0. The van der Waals surface area contributed by atoms with Crippen LogP contribution >= 0.6 is 7.26 Å². The fourth-order valence-electron chi connectivity index (χ4n) is 2.53. The topological polar surface area (TPSA) is 0 Å². The van der Waals surface area contributed by atoms with Gasteiger partial charge in [0.1, 0.15) is 11.1 Å². The molecule has 0 fully saturated rings. The lowest BCUT2D eigenvalue weighted by Gasteiger charge is -2.25. The van der Waals surface area contributed by atoms with E-state index in [0.717, 1.165) is 12.3 Å². The van der Waals surface area contributed by atoms with Crippen LogP contribution in [0.1, 0.15) is 0 Å². The van der Waals surface area contributed by atoms with Gasteiger partial charge in [-0.3, -0.25) is 0 Å². The standard InChI is InChI=1S/C18H19FP/c1-3-14-20(15-4-2,17-8-6-5-7-9-17)18-12-10-16(19)11-13-18/h3-13H,1-2,14-15H2/q+1/i19-1. The minimum atomic E-state index is -1.62.